The van der Waals surface area contributed by atoms with Gasteiger partial charge in [0.2, 0.25) is 5.95 Å². The Hall–Kier alpha value is -3.63. The number of aromatic nitrogens is 4. The highest BCUT2D eigenvalue weighted by molar-refractivity contribution is 6.00. The van der Waals surface area contributed by atoms with Crippen LogP contribution in [0.4, 0.5) is 23.5 Å². The average molecular weight is 458 g/mol. The van der Waals surface area contributed by atoms with Gasteiger partial charge in [0.25, 0.3) is 5.91 Å². The Kier molecular flexibility index (Phi) is 5.18. The number of nitrogens with zero attached hydrogens (tertiary/aromatic N) is 5. The quantitative estimate of drug-likeness (QED) is 0.599. The van der Waals surface area contributed by atoms with Crippen molar-refractivity contribution in [2.45, 2.75) is 31.1 Å². The Bertz CT molecular complexity index is 1170. The normalized spacial score (nSPS) is 21.9. The van der Waals surface area contributed by atoms with Crippen molar-refractivity contribution >= 4 is 11.9 Å². The van der Waals surface area contributed by atoms with Gasteiger partial charge in [0.15, 0.2) is 5.82 Å². The molecular formula is C22H18F4N6O. The number of fused-ring (bicyclic) bond motifs is 2. The molecule has 2 aliphatic rings. The molecule has 2 aromatic heterocycles. The smallest absolute Gasteiger partial charge is 0.349 e. The first-order valence-electron chi connectivity index (χ1n) is 10.3. The zero-order valence-corrected chi connectivity index (χ0v) is 17.1. The fourth-order valence-electron chi connectivity index (χ4n) is 4.61. The van der Waals surface area contributed by atoms with Crippen LogP contribution in [0.15, 0.2) is 49.1 Å². The summed E-state index contributed by atoms with van der Waals surface area (Å²) in [5, 5.41) is 3.07. The lowest BCUT2D eigenvalue weighted by Gasteiger charge is -2.34. The standard InChI is InChI=1S/C22H18F4N6O/c23-14-2-3-15(16(8-14)19-27-4-1-5-28-19)20(33)32-11-12-6-17(18(32)7-12)31-21-29-9-13(10-30-21)22(24,25)26/h1-5,8-10,12,17-18H,6-7,11H2,(H,29,30,31)/t12-,17-,18+/m1/s1. The van der Waals surface area contributed by atoms with Gasteiger partial charge in [-0.25, -0.2) is 24.3 Å². The third kappa shape index (κ3) is 4.10. The number of rotatable bonds is 4. The maximum Gasteiger partial charge on any atom is 0.419 e. The topological polar surface area (TPSA) is 83.9 Å². The second-order valence-electron chi connectivity index (χ2n) is 8.17. The van der Waals surface area contributed by atoms with Crippen LogP contribution in [-0.4, -0.2) is 49.4 Å². The molecular weight excluding hydrogens is 440 g/mol. The van der Waals surface area contributed by atoms with Crippen molar-refractivity contribution in [3.63, 3.8) is 0 Å². The van der Waals surface area contributed by atoms with E-state index in [9.17, 15) is 22.4 Å². The van der Waals surface area contributed by atoms with Crippen LogP contribution in [0.2, 0.25) is 0 Å². The van der Waals surface area contributed by atoms with E-state index in [1.165, 1.54) is 30.6 Å². The SMILES string of the molecule is O=C(c1ccc(F)cc1-c1ncccn1)N1C[C@@H]2C[C@@H](Nc3ncc(C(F)(F)F)cn3)[C@@H]1C2. The number of hydrogen-bond acceptors (Lipinski definition) is 6. The number of nitrogens with one attached hydrogen (secondary N) is 1. The van der Waals surface area contributed by atoms with Gasteiger partial charge in [-0.15, -0.1) is 0 Å². The largest absolute Gasteiger partial charge is 0.419 e. The summed E-state index contributed by atoms with van der Waals surface area (Å²) in [6, 6.07) is 5.12. The zero-order chi connectivity index (χ0) is 23.2. The summed E-state index contributed by atoms with van der Waals surface area (Å²) in [6.07, 6.45) is 1.49. The van der Waals surface area contributed by atoms with Crippen LogP contribution in [0, 0.1) is 11.7 Å². The minimum atomic E-state index is -4.51. The van der Waals surface area contributed by atoms with Crippen LogP contribution >= 0.6 is 0 Å². The van der Waals surface area contributed by atoms with E-state index in [1.54, 1.807) is 11.0 Å². The van der Waals surface area contributed by atoms with E-state index in [2.05, 4.69) is 25.3 Å². The predicted octanol–water partition coefficient (Wildman–Crippen LogP) is 3.81. The number of carbonyl (C=O) groups is 1. The summed E-state index contributed by atoms with van der Waals surface area (Å²) in [5.41, 5.74) is -0.330. The fraction of sp³-hybridized carbons (Fsp3) is 0.318. The highest BCUT2D eigenvalue weighted by Gasteiger charge is 2.47. The van der Waals surface area contributed by atoms with E-state index in [0.29, 0.717) is 17.7 Å². The van der Waals surface area contributed by atoms with Crippen molar-refractivity contribution in [1.29, 1.82) is 0 Å². The van der Waals surface area contributed by atoms with Crippen LogP contribution in [-0.2, 0) is 6.18 Å². The third-order valence-corrected chi connectivity index (χ3v) is 6.06. The first kappa shape index (κ1) is 21.2. The molecule has 170 valence electrons. The molecule has 11 heteroatoms. The maximum absolute atomic E-state index is 14.0. The summed E-state index contributed by atoms with van der Waals surface area (Å²) >= 11 is 0. The molecule has 0 spiro atoms. The van der Waals surface area contributed by atoms with Crippen LogP contribution in [0.1, 0.15) is 28.8 Å². The summed E-state index contributed by atoms with van der Waals surface area (Å²) in [6.45, 7) is 0.544. The van der Waals surface area contributed by atoms with Gasteiger partial charge in [-0.05, 0) is 43.0 Å². The van der Waals surface area contributed by atoms with E-state index in [4.69, 9.17) is 0 Å². The summed E-state index contributed by atoms with van der Waals surface area (Å²) in [4.78, 5) is 31.0. The zero-order valence-electron chi connectivity index (χ0n) is 17.1. The Morgan fingerprint density at radius 3 is 2.45 bits per heavy atom. The lowest BCUT2D eigenvalue weighted by molar-refractivity contribution is -0.138. The van der Waals surface area contributed by atoms with Gasteiger partial charge in [0.05, 0.1) is 17.2 Å². The number of benzene rings is 1. The second-order valence-corrected chi connectivity index (χ2v) is 8.17. The molecule has 1 saturated heterocycles. The molecule has 2 fully saturated rings. The summed E-state index contributed by atoms with van der Waals surface area (Å²) < 4.78 is 52.2. The number of piperidine rings is 1. The molecule has 1 N–H and O–H groups in total. The van der Waals surface area contributed by atoms with Gasteiger partial charge in [-0.2, -0.15) is 13.2 Å². The molecule has 7 nitrogen and oxygen atoms in total. The first-order valence-corrected chi connectivity index (χ1v) is 10.3. The monoisotopic (exact) mass is 458 g/mol. The molecule has 1 amide bonds. The molecule has 1 aliphatic heterocycles. The number of anilines is 1. The molecule has 3 aromatic rings. The number of alkyl halides is 3. The van der Waals surface area contributed by atoms with Crippen molar-refractivity contribution in [2.75, 3.05) is 11.9 Å². The average Bonchev–Trinajstić information content (AvgIpc) is 3.40. The fourth-order valence-corrected chi connectivity index (χ4v) is 4.61. The minimum absolute atomic E-state index is 0.0769. The van der Waals surface area contributed by atoms with Crippen molar-refractivity contribution in [3.05, 3.63) is 66.0 Å². The van der Waals surface area contributed by atoms with Gasteiger partial charge in [-0.3, -0.25) is 4.79 Å². The van der Waals surface area contributed by atoms with E-state index in [0.717, 1.165) is 25.2 Å². The number of amides is 1. The first-order chi connectivity index (χ1) is 15.8. The van der Waals surface area contributed by atoms with Crippen LogP contribution < -0.4 is 5.32 Å². The van der Waals surface area contributed by atoms with Crippen molar-refractivity contribution in [1.82, 2.24) is 24.8 Å². The van der Waals surface area contributed by atoms with Gasteiger partial charge in [0.1, 0.15) is 5.82 Å². The third-order valence-electron chi connectivity index (χ3n) is 6.06. The van der Waals surface area contributed by atoms with E-state index < -0.39 is 17.6 Å². The number of likely N-dealkylation sites (tertiary alicyclic amines) is 1. The van der Waals surface area contributed by atoms with E-state index >= 15 is 0 Å². The Labute approximate surface area is 185 Å². The Morgan fingerprint density at radius 2 is 1.79 bits per heavy atom. The van der Waals surface area contributed by atoms with E-state index in [-0.39, 0.29) is 35.7 Å². The Balaban J connectivity index is 1.37. The highest BCUT2D eigenvalue weighted by Crippen LogP contribution is 2.40. The van der Waals surface area contributed by atoms with Crippen LogP contribution in [0.25, 0.3) is 11.4 Å². The highest BCUT2D eigenvalue weighted by atomic mass is 19.4. The maximum atomic E-state index is 14.0. The van der Waals surface area contributed by atoms with E-state index in [1.807, 2.05) is 0 Å². The number of hydrogen-bond donors (Lipinski definition) is 1. The number of carbonyl (C=O) groups excluding carboxylic acids is 1. The van der Waals surface area contributed by atoms with Crippen molar-refractivity contribution in [2.24, 2.45) is 5.92 Å². The lowest BCUT2D eigenvalue weighted by atomic mass is 10.0. The van der Waals surface area contributed by atoms with Crippen molar-refractivity contribution < 1.29 is 22.4 Å². The second kappa shape index (κ2) is 8.05. The number of halogens is 4. The van der Waals surface area contributed by atoms with Gasteiger partial charge in [-0.1, -0.05) is 0 Å². The van der Waals surface area contributed by atoms with Crippen LogP contribution in [0.5, 0.6) is 0 Å². The molecule has 0 radical (unpaired) electrons. The molecule has 33 heavy (non-hydrogen) atoms. The molecule has 0 unspecified atom stereocenters. The molecule has 2 bridgehead atoms. The molecule has 1 aliphatic carbocycles. The molecule has 1 aromatic carbocycles. The van der Waals surface area contributed by atoms with Crippen LogP contribution in [0.3, 0.4) is 0 Å². The molecule has 1 saturated carbocycles. The summed E-state index contributed by atoms with van der Waals surface area (Å²) in [7, 11) is 0. The van der Waals surface area contributed by atoms with Gasteiger partial charge < -0.3 is 10.2 Å². The lowest BCUT2D eigenvalue weighted by Crippen LogP contribution is -2.48. The van der Waals surface area contributed by atoms with Crippen molar-refractivity contribution in [3.8, 4) is 11.4 Å². The summed E-state index contributed by atoms with van der Waals surface area (Å²) in [5.74, 6) is -0.214. The van der Waals surface area contributed by atoms with Gasteiger partial charge in [0, 0.05) is 42.9 Å². The molecule has 5 rings (SSSR count). The van der Waals surface area contributed by atoms with Gasteiger partial charge >= 0.3 is 6.18 Å². The molecule has 3 heterocycles. The Morgan fingerprint density at radius 1 is 1.06 bits per heavy atom. The minimum Gasteiger partial charge on any atom is -0.349 e. The molecule has 3 atom stereocenters. The predicted molar refractivity (Wildman–Crippen MR) is 109 cm³/mol.